The second-order valence-corrected chi connectivity index (χ2v) is 11.2. The fourth-order valence-electron chi connectivity index (χ4n) is 4.62. The number of carboxylic acids is 1. The topological polar surface area (TPSA) is 49.8 Å². The molecule has 3 rings (SSSR count). The van der Waals surface area contributed by atoms with E-state index in [1.807, 2.05) is 24.8 Å². The second kappa shape index (κ2) is 13.5. The van der Waals surface area contributed by atoms with E-state index in [0.29, 0.717) is 53.4 Å². The zero-order valence-corrected chi connectivity index (χ0v) is 23.9. The minimum atomic E-state index is -4.81. The molecule has 0 fully saturated rings. The summed E-state index contributed by atoms with van der Waals surface area (Å²) >= 11 is 0. The van der Waals surface area contributed by atoms with E-state index in [9.17, 15) is 36.2 Å². The highest BCUT2D eigenvalue weighted by Gasteiger charge is 2.31. The Labute approximate surface area is 241 Å². The van der Waals surface area contributed by atoms with Gasteiger partial charge in [0.2, 0.25) is 0 Å². The van der Waals surface area contributed by atoms with E-state index in [4.69, 9.17) is 0 Å². The maximum atomic E-state index is 13.2. The highest BCUT2D eigenvalue weighted by Crippen LogP contribution is 2.36. The number of anilines is 1. The number of benzene rings is 3. The van der Waals surface area contributed by atoms with Crippen molar-refractivity contribution in [2.24, 2.45) is 11.8 Å². The first-order valence-electron chi connectivity index (χ1n) is 13.7. The summed E-state index contributed by atoms with van der Waals surface area (Å²) in [6, 6.07) is 15.5. The van der Waals surface area contributed by atoms with Gasteiger partial charge in [0.15, 0.2) is 0 Å². The Bertz CT molecular complexity index is 1320. The molecule has 0 aromatic heterocycles. The number of carboxylic acid groups (broad SMARTS) is 1. The lowest BCUT2D eigenvalue weighted by molar-refractivity contribution is -0.274. The molecule has 0 saturated heterocycles. The lowest BCUT2D eigenvalue weighted by Gasteiger charge is -2.28. The van der Waals surface area contributed by atoms with Crippen LogP contribution >= 0.6 is 0 Å². The zero-order valence-electron chi connectivity index (χ0n) is 23.9. The molecule has 0 saturated carbocycles. The minimum Gasteiger partial charge on any atom is -0.481 e. The monoisotopic (exact) mass is 595 g/mol. The number of hydrogen-bond acceptors (Lipinski definition) is 3. The van der Waals surface area contributed by atoms with Gasteiger partial charge in [0.25, 0.3) is 0 Å². The lowest BCUT2D eigenvalue weighted by Crippen LogP contribution is -2.25. The summed E-state index contributed by atoms with van der Waals surface area (Å²) in [7, 11) is 0. The molecule has 10 heteroatoms. The molecule has 42 heavy (non-hydrogen) atoms. The summed E-state index contributed by atoms with van der Waals surface area (Å²) < 4.78 is 81.4. The van der Waals surface area contributed by atoms with Gasteiger partial charge in [0, 0.05) is 18.8 Å². The van der Waals surface area contributed by atoms with Gasteiger partial charge in [-0.15, -0.1) is 13.2 Å². The smallest absolute Gasteiger partial charge is 0.481 e. The number of aliphatic carboxylic acids is 1. The average Bonchev–Trinajstić information content (AvgIpc) is 2.88. The molecule has 1 N–H and O–H groups in total. The van der Waals surface area contributed by atoms with Crippen LogP contribution in [0.25, 0.3) is 11.1 Å². The fraction of sp³-hybridized carbons (Fsp3) is 0.406. The van der Waals surface area contributed by atoms with Crippen LogP contribution in [0.15, 0.2) is 66.7 Å². The van der Waals surface area contributed by atoms with E-state index in [2.05, 4.69) is 18.6 Å². The summed E-state index contributed by atoms with van der Waals surface area (Å²) in [5.41, 5.74) is 2.15. The molecule has 0 aliphatic carbocycles. The SMILES string of the molecule is CC(C)CCN(Cc1ccc(OC(F)(F)F)cc1)c1cc(-c2ccc(C(F)(F)F)cc2)cc(C(CC(C)C)C(=O)O)c1. The summed E-state index contributed by atoms with van der Waals surface area (Å²) in [4.78, 5) is 14.3. The van der Waals surface area contributed by atoms with Crippen molar-refractivity contribution >= 4 is 11.7 Å². The van der Waals surface area contributed by atoms with Crippen molar-refractivity contribution in [2.45, 2.75) is 65.5 Å². The third kappa shape index (κ3) is 9.70. The fourth-order valence-corrected chi connectivity index (χ4v) is 4.62. The van der Waals surface area contributed by atoms with Crippen LogP contribution in [-0.4, -0.2) is 24.0 Å². The van der Waals surface area contributed by atoms with Crippen molar-refractivity contribution in [1.29, 1.82) is 0 Å². The molecule has 4 nitrogen and oxygen atoms in total. The van der Waals surface area contributed by atoms with Crippen LogP contribution in [0.3, 0.4) is 0 Å². The van der Waals surface area contributed by atoms with Crippen LogP contribution in [0.4, 0.5) is 32.0 Å². The van der Waals surface area contributed by atoms with Crippen LogP contribution in [0, 0.1) is 11.8 Å². The average molecular weight is 596 g/mol. The molecule has 0 heterocycles. The van der Waals surface area contributed by atoms with Gasteiger partial charge in [0.1, 0.15) is 5.75 Å². The largest absolute Gasteiger partial charge is 0.573 e. The number of alkyl halides is 6. The molecule has 3 aromatic rings. The number of rotatable bonds is 12. The molecule has 3 aromatic carbocycles. The van der Waals surface area contributed by atoms with E-state index < -0.39 is 30.0 Å². The van der Waals surface area contributed by atoms with Gasteiger partial charge < -0.3 is 14.7 Å². The molecule has 0 aliphatic rings. The van der Waals surface area contributed by atoms with Crippen molar-refractivity contribution < 1.29 is 41.0 Å². The Kier molecular flexibility index (Phi) is 10.6. The number of nitrogens with zero attached hydrogens (tertiary/aromatic N) is 1. The molecular formula is C32H35F6NO3. The highest BCUT2D eigenvalue weighted by atomic mass is 19.4. The van der Waals surface area contributed by atoms with Crippen molar-refractivity contribution in [1.82, 2.24) is 0 Å². The van der Waals surface area contributed by atoms with Gasteiger partial charge >= 0.3 is 18.5 Å². The Balaban J connectivity index is 2.09. The standard InChI is InChI=1S/C32H35F6NO3/c1-20(2)13-14-39(19-22-5-11-28(12-6-22)42-32(36,37)38)27-17-24(23-7-9-26(10-8-23)31(33,34)35)16-25(18-27)29(30(40)41)15-21(3)4/h5-12,16-18,20-21,29H,13-15,19H2,1-4H3,(H,40,41). The van der Waals surface area contributed by atoms with Crippen molar-refractivity contribution in [2.75, 3.05) is 11.4 Å². The van der Waals surface area contributed by atoms with Gasteiger partial charge in [-0.2, -0.15) is 13.2 Å². The van der Waals surface area contributed by atoms with E-state index in [0.717, 1.165) is 18.6 Å². The summed E-state index contributed by atoms with van der Waals surface area (Å²) in [5, 5.41) is 10.1. The molecule has 0 bridgehead atoms. The Morgan fingerprint density at radius 2 is 1.45 bits per heavy atom. The lowest BCUT2D eigenvalue weighted by atomic mass is 9.88. The van der Waals surface area contributed by atoms with Crippen LogP contribution in [-0.2, 0) is 17.5 Å². The molecule has 228 valence electrons. The maximum Gasteiger partial charge on any atom is 0.573 e. The third-order valence-corrected chi connectivity index (χ3v) is 6.77. The zero-order chi connectivity index (χ0) is 31.2. The van der Waals surface area contributed by atoms with E-state index in [1.165, 1.54) is 36.4 Å². The minimum absolute atomic E-state index is 0.0683. The molecule has 0 radical (unpaired) electrons. The molecule has 1 atom stereocenters. The van der Waals surface area contributed by atoms with Crippen molar-refractivity contribution in [3.8, 4) is 16.9 Å². The first kappa shape index (κ1) is 32.8. The summed E-state index contributed by atoms with van der Waals surface area (Å²) in [5.74, 6) is -1.80. The summed E-state index contributed by atoms with van der Waals surface area (Å²) in [6.45, 7) is 8.78. The van der Waals surface area contributed by atoms with Crippen LogP contribution in [0.2, 0.25) is 0 Å². The predicted octanol–water partition coefficient (Wildman–Crippen LogP) is 9.54. The van der Waals surface area contributed by atoms with Gasteiger partial charge in [-0.25, -0.2) is 0 Å². The van der Waals surface area contributed by atoms with E-state index >= 15 is 0 Å². The second-order valence-electron chi connectivity index (χ2n) is 11.2. The third-order valence-electron chi connectivity index (χ3n) is 6.77. The quantitative estimate of drug-likeness (QED) is 0.212. The maximum absolute atomic E-state index is 13.2. The highest BCUT2D eigenvalue weighted by molar-refractivity contribution is 5.79. The normalized spacial score (nSPS) is 13.0. The van der Waals surface area contributed by atoms with E-state index in [-0.39, 0.29) is 11.7 Å². The summed E-state index contributed by atoms with van der Waals surface area (Å²) in [6.07, 6.45) is -8.18. The van der Waals surface area contributed by atoms with Gasteiger partial charge in [-0.3, -0.25) is 4.79 Å². The van der Waals surface area contributed by atoms with E-state index in [1.54, 1.807) is 12.1 Å². The first-order valence-corrected chi connectivity index (χ1v) is 13.7. The number of ether oxygens (including phenoxy) is 1. The molecule has 0 spiro atoms. The molecule has 0 amide bonds. The van der Waals surface area contributed by atoms with Crippen LogP contribution in [0.1, 0.15) is 63.1 Å². The Hall–Kier alpha value is -3.69. The number of halogens is 6. The number of hydrogen-bond donors (Lipinski definition) is 1. The van der Waals surface area contributed by atoms with Gasteiger partial charge in [-0.05, 0) is 83.3 Å². The number of carbonyl (C=O) groups is 1. The molecule has 1 unspecified atom stereocenters. The van der Waals surface area contributed by atoms with Crippen LogP contribution in [0.5, 0.6) is 5.75 Å². The van der Waals surface area contributed by atoms with Crippen molar-refractivity contribution in [3.63, 3.8) is 0 Å². The first-order chi connectivity index (χ1) is 19.5. The Morgan fingerprint density at radius 3 is 1.95 bits per heavy atom. The molecular weight excluding hydrogens is 560 g/mol. The van der Waals surface area contributed by atoms with Gasteiger partial charge in [-0.1, -0.05) is 58.0 Å². The Morgan fingerprint density at radius 1 is 0.833 bits per heavy atom. The van der Waals surface area contributed by atoms with Crippen LogP contribution < -0.4 is 9.64 Å². The predicted molar refractivity (Wildman–Crippen MR) is 150 cm³/mol. The van der Waals surface area contributed by atoms with Gasteiger partial charge in [0.05, 0.1) is 11.5 Å². The van der Waals surface area contributed by atoms with Crippen molar-refractivity contribution in [3.05, 3.63) is 83.4 Å². The molecule has 0 aliphatic heterocycles.